The minimum atomic E-state index is -0.110. The van der Waals surface area contributed by atoms with Crippen LogP contribution in [0.2, 0.25) is 0 Å². The molecule has 134 valence electrons. The number of benzene rings is 2. The number of aromatic nitrogens is 2. The van der Waals surface area contributed by atoms with Gasteiger partial charge in [0.05, 0.1) is 25.5 Å². The van der Waals surface area contributed by atoms with Crippen LogP contribution in [0.15, 0.2) is 52.1 Å². The van der Waals surface area contributed by atoms with Crippen LogP contribution in [0.25, 0.3) is 11.5 Å². The first kappa shape index (κ1) is 18.0. The molecule has 1 heterocycles. The SMILES string of the molecule is COc1ccc(OC)c(C(=O)CSc2nnc(-c3ccccc3C)o2)c1. The Hall–Kier alpha value is -2.80. The third-order valence-corrected chi connectivity index (χ3v) is 4.63. The maximum absolute atomic E-state index is 12.6. The summed E-state index contributed by atoms with van der Waals surface area (Å²) >= 11 is 1.19. The van der Waals surface area contributed by atoms with Crippen molar-refractivity contribution < 1.29 is 18.7 Å². The van der Waals surface area contributed by atoms with Crippen molar-refractivity contribution in [3.63, 3.8) is 0 Å². The normalized spacial score (nSPS) is 10.6. The van der Waals surface area contributed by atoms with Crippen molar-refractivity contribution in [3.05, 3.63) is 53.6 Å². The molecule has 0 atom stereocenters. The van der Waals surface area contributed by atoms with Crippen molar-refractivity contribution in [1.82, 2.24) is 10.2 Å². The molecule has 2 aromatic carbocycles. The quantitative estimate of drug-likeness (QED) is 0.459. The van der Waals surface area contributed by atoms with E-state index in [0.717, 1.165) is 11.1 Å². The van der Waals surface area contributed by atoms with Crippen molar-refractivity contribution in [2.75, 3.05) is 20.0 Å². The topological polar surface area (TPSA) is 74.5 Å². The van der Waals surface area contributed by atoms with Crippen LogP contribution in [-0.4, -0.2) is 36.0 Å². The van der Waals surface area contributed by atoms with Gasteiger partial charge in [-0.3, -0.25) is 4.79 Å². The Labute approximate surface area is 155 Å². The average Bonchev–Trinajstić information content (AvgIpc) is 3.14. The maximum Gasteiger partial charge on any atom is 0.277 e. The first-order valence-corrected chi connectivity index (χ1v) is 8.88. The van der Waals surface area contributed by atoms with Gasteiger partial charge in [-0.05, 0) is 36.8 Å². The van der Waals surface area contributed by atoms with E-state index in [0.29, 0.717) is 28.2 Å². The first-order chi connectivity index (χ1) is 12.6. The second-order valence-electron chi connectivity index (χ2n) is 5.47. The lowest BCUT2D eigenvalue weighted by Crippen LogP contribution is -2.05. The molecule has 0 fully saturated rings. The smallest absolute Gasteiger partial charge is 0.277 e. The third-order valence-electron chi connectivity index (χ3n) is 3.82. The number of nitrogens with zero attached hydrogens (tertiary/aromatic N) is 2. The number of thioether (sulfide) groups is 1. The van der Waals surface area contributed by atoms with E-state index >= 15 is 0 Å². The summed E-state index contributed by atoms with van der Waals surface area (Å²) in [6.45, 7) is 1.98. The third kappa shape index (κ3) is 3.88. The Bertz CT molecular complexity index is 923. The second kappa shape index (κ2) is 8.05. The summed E-state index contributed by atoms with van der Waals surface area (Å²) in [5.74, 6) is 1.58. The summed E-state index contributed by atoms with van der Waals surface area (Å²) in [5, 5.41) is 8.43. The highest BCUT2D eigenvalue weighted by atomic mass is 32.2. The molecule has 1 aromatic heterocycles. The van der Waals surface area contributed by atoms with Gasteiger partial charge in [-0.1, -0.05) is 30.0 Å². The minimum Gasteiger partial charge on any atom is -0.497 e. The lowest BCUT2D eigenvalue weighted by Gasteiger charge is -2.08. The molecule has 0 amide bonds. The van der Waals surface area contributed by atoms with Crippen LogP contribution in [0, 0.1) is 6.92 Å². The highest BCUT2D eigenvalue weighted by molar-refractivity contribution is 7.99. The van der Waals surface area contributed by atoms with Gasteiger partial charge in [-0.25, -0.2) is 0 Å². The van der Waals surface area contributed by atoms with Crippen molar-refractivity contribution >= 4 is 17.5 Å². The predicted octanol–water partition coefficient (Wildman–Crippen LogP) is 4.04. The standard InChI is InChI=1S/C19H18N2O4S/c1-12-6-4-5-7-14(12)18-20-21-19(25-18)26-11-16(22)15-10-13(23-2)8-9-17(15)24-3/h4-10H,11H2,1-3H3. The van der Waals surface area contributed by atoms with Gasteiger partial charge in [0.15, 0.2) is 5.78 Å². The maximum atomic E-state index is 12.6. The molecule has 3 aromatic rings. The van der Waals surface area contributed by atoms with Crippen LogP contribution >= 0.6 is 11.8 Å². The number of hydrogen-bond acceptors (Lipinski definition) is 7. The average molecular weight is 370 g/mol. The van der Waals surface area contributed by atoms with E-state index in [-0.39, 0.29) is 11.5 Å². The van der Waals surface area contributed by atoms with Gasteiger partial charge in [-0.15, -0.1) is 10.2 Å². The van der Waals surface area contributed by atoms with Gasteiger partial charge in [0.1, 0.15) is 11.5 Å². The van der Waals surface area contributed by atoms with E-state index in [2.05, 4.69) is 10.2 Å². The molecular formula is C19H18N2O4S. The summed E-state index contributed by atoms with van der Waals surface area (Å²) in [6.07, 6.45) is 0. The molecule has 0 saturated carbocycles. The van der Waals surface area contributed by atoms with Crippen LogP contribution < -0.4 is 9.47 Å². The second-order valence-corrected chi connectivity index (χ2v) is 6.39. The van der Waals surface area contributed by atoms with E-state index in [1.54, 1.807) is 25.3 Å². The molecule has 0 radical (unpaired) electrons. The van der Waals surface area contributed by atoms with Crippen molar-refractivity contribution in [2.24, 2.45) is 0 Å². The molecule has 0 aliphatic carbocycles. The first-order valence-electron chi connectivity index (χ1n) is 7.90. The van der Waals surface area contributed by atoms with Crippen molar-refractivity contribution in [3.8, 4) is 23.0 Å². The van der Waals surface area contributed by atoms with E-state index in [1.807, 2.05) is 31.2 Å². The molecule has 0 saturated heterocycles. The molecule has 0 N–H and O–H groups in total. The fourth-order valence-electron chi connectivity index (χ4n) is 2.43. The number of aryl methyl sites for hydroxylation is 1. The largest absolute Gasteiger partial charge is 0.497 e. The fraction of sp³-hybridized carbons (Fsp3) is 0.211. The lowest BCUT2D eigenvalue weighted by atomic mass is 10.1. The van der Waals surface area contributed by atoms with Gasteiger partial charge >= 0.3 is 0 Å². The molecule has 3 rings (SSSR count). The van der Waals surface area contributed by atoms with Gasteiger partial charge in [0.25, 0.3) is 5.22 Å². The van der Waals surface area contributed by atoms with Crippen LogP contribution in [0.5, 0.6) is 11.5 Å². The van der Waals surface area contributed by atoms with Crippen molar-refractivity contribution in [1.29, 1.82) is 0 Å². The fourth-order valence-corrected chi connectivity index (χ4v) is 3.07. The summed E-state index contributed by atoms with van der Waals surface area (Å²) in [5.41, 5.74) is 2.38. The number of carbonyl (C=O) groups excluding carboxylic acids is 1. The molecule has 0 aliphatic heterocycles. The summed E-state index contributed by atoms with van der Waals surface area (Å²) in [4.78, 5) is 12.6. The van der Waals surface area contributed by atoms with E-state index in [4.69, 9.17) is 13.9 Å². The number of hydrogen-bond donors (Lipinski definition) is 0. The lowest BCUT2D eigenvalue weighted by molar-refractivity contribution is 0.101. The molecule has 0 spiro atoms. The van der Waals surface area contributed by atoms with E-state index in [9.17, 15) is 4.79 Å². The molecule has 7 heteroatoms. The van der Waals surface area contributed by atoms with Gasteiger partial charge in [0, 0.05) is 5.56 Å². The highest BCUT2D eigenvalue weighted by Crippen LogP contribution is 2.28. The summed E-state index contributed by atoms with van der Waals surface area (Å²) < 4.78 is 16.1. The molecule has 0 unspecified atom stereocenters. The molecular weight excluding hydrogens is 352 g/mol. The predicted molar refractivity (Wildman–Crippen MR) is 99.1 cm³/mol. The zero-order valence-electron chi connectivity index (χ0n) is 14.7. The molecule has 0 bridgehead atoms. The Morgan fingerprint density at radius 3 is 2.65 bits per heavy atom. The zero-order valence-corrected chi connectivity index (χ0v) is 15.5. The molecule has 0 aliphatic rings. The van der Waals surface area contributed by atoms with E-state index in [1.165, 1.54) is 18.9 Å². The number of ether oxygens (including phenoxy) is 2. The summed E-state index contributed by atoms with van der Waals surface area (Å²) in [6, 6.07) is 12.9. The Morgan fingerprint density at radius 2 is 1.92 bits per heavy atom. The van der Waals surface area contributed by atoms with Crippen LogP contribution in [-0.2, 0) is 0 Å². The van der Waals surface area contributed by atoms with E-state index < -0.39 is 0 Å². The minimum absolute atomic E-state index is 0.110. The summed E-state index contributed by atoms with van der Waals surface area (Å²) in [7, 11) is 3.08. The number of Topliss-reactive ketones (excluding diaryl/α,β-unsaturated/α-hetero) is 1. The van der Waals surface area contributed by atoms with Crippen LogP contribution in [0.4, 0.5) is 0 Å². The number of ketones is 1. The van der Waals surface area contributed by atoms with Crippen molar-refractivity contribution in [2.45, 2.75) is 12.1 Å². The van der Waals surface area contributed by atoms with Gasteiger partial charge in [0.2, 0.25) is 5.89 Å². The van der Waals surface area contributed by atoms with Gasteiger partial charge in [-0.2, -0.15) is 0 Å². The highest BCUT2D eigenvalue weighted by Gasteiger charge is 2.17. The molecule has 6 nitrogen and oxygen atoms in total. The monoisotopic (exact) mass is 370 g/mol. The number of rotatable bonds is 7. The zero-order chi connectivity index (χ0) is 18.5. The number of carbonyl (C=O) groups is 1. The van der Waals surface area contributed by atoms with Gasteiger partial charge < -0.3 is 13.9 Å². The Kier molecular flexibility index (Phi) is 5.58. The number of methoxy groups -OCH3 is 2. The van der Waals surface area contributed by atoms with Crippen LogP contribution in [0.3, 0.4) is 0 Å². The van der Waals surface area contributed by atoms with Crippen LogP contribution in [0.1, 0.15) is 15.9 Å². The Morgan fingerprint density at radius 1 is 1.12 bits per heavy atom. The Balaban J connectivity index is 1.72. The molecule has 26 heavy (non-hydrogen) atoms.